The zero-order valence-electron chi connectivity index (χ0n) is 14.3. The molecule has 5 heteroatoms. The fourth-order valence-electron chi connectivity index (χ4n) is 2.82. The minimum Gasteiger partial charge on any atom is -0.345 e. The molecule has 0 aliphatic carbocycles. The van der Waals surface area contributed by atoms with Gasteiger partial charge in [-0.2, -0.15) is 5.10 Å². The predicted octanol–water partition coefficient (Wildman–Crippen LogP) is 2.67. The zero-order chi connectivity index (χ0) is 17.0. The van der Waals surface area contributed by atoms with Crippen molar-refractivity contribution in [2.45, 2.75) is 39.7 Å². The number of aromatic nitrogens is 2. The minimum absolute atomic E-state index is 0.127. The summed E-state index contributed by atoms with van der Waals surface area (Å²) in [6.45, 7) is 8.48. The molecule has 0 radical (unpaired) electrons. The zero-order valence-corrected chi connectivity index (χ0v) is 14.3. The van der Waals surface area contributed by atoms with Gasteiger partial charge in [0.05, 0.1) is 16.9 Å². The van der Waals surface area contributed by atoms with E-state index in [0.29, 0.717) is 23.7 Å². The summed E-state index contributed by atoms with van der Waals surface area (Å²) in [4.78, 5) is 12.6. The van der Waals surface area contributed by atoms with Crippen LogP contribution in [0.15, 0.2) is 36.5 Å². The van der Waals surface area contributed by atoms with Gasteiger partial charge >= 0.3 is 0 Å². The molecule has 0 bridgehead atoms. The molecule has 124 valence electrons. The SMILES string of the molecule is Cc1nn(-c2ccccc2)cc1C(=O)NC(C)(CN)CC(C)C. The molecular weight excluding hydrogens is 288 g/mol. The normalized spacial score (nSPS) is 13.8. The Morgan fingerprint density at radius 1 is 1.35 bits per heavy atom. The Balaban J connectivity index is 2.22. The highest BCUT2D eigenvalue weighted by Crippen LogP contribution is 2.18. The maximum absolute atomic E-state index is 12.6. The first kappa shape index (κ1) is 17.2. The number of hydrogen-bond donors (Lipinski definition) is 2. The highest BCUT2D eigenvalue weighted by Gasteiger charge is 2.27. The summed E-state index contributed by atoms with van der Waals surface area (Å²) in [5, 5.41) is 7.52. The van der Waals surface area contributed by atoms with Crippen LogP contribution in [0.2, 0.25) is 0 Å². The highest BCUT2D eigenvalue weighted by atomic mass is 16.1. The molecule has 0 saturated heterocycles. The average molecular weight is 314 g/mol. The molecule has 1 atom stereocenters. The molecule has 0 aliphatic heterocycles. The number of carbonyl (C=O) groups excluding carboxylic acids is 1. The molecule has 1 unspecified atom stereocenters. The summed E-state index contributed by atoms with van der Waals surface area (Å²) in [7, 11) is 0. The lowest BCUT2D eigenvalue weighted by Gasteiger charge is -2.31. The van der Waals surface area contributed by atoms with Crippen molar-refractivity contribution in [1.82, 2.24) is 15.1 Å². The summed E-state index contributed by atoms with van der Waals surface area (Å²) >= 11 is 0. The van der Waals surface area contributed by atoms with Crippen molar-refractivity contribution in [3.8, 4) is 5.69 Å². The van der Waals surface area contributed by atoms with E-state index >= 15 is 0 Å². The third-order valence-electron chi connectivity index (χ3n) is 3.89. The van der Waals surface area contributed by atoms with Crippen LogP contribution in [0.5, 0.6) is 0 Å². The molecular formula is C18H26N4O. The topological polar surface area (TPSA) is 72.9 Å². The maximum Gasteiger partial charge on any atom is 0.255 e. The van der Waals surface area contributed by atoms with Gasteiger partial charge in [-0.25, -0.2) is 4.68 Å². The van der Waals surface area contributed by atoms with Crippen molar-refractivity contribution < 1.29 is 4.79 Å². The standard InChI is InChI=1S/C18H26N4O/c1-13(2)10-18(4,12-19)20-17(23)16-11-22(21-14(16)3)15-8-6-5-7-9-15/h5-9,11,13H,10,12,19H2,1-4H3,(H,20,23). The molecule has 1 aromatic heterocycles. The van der Waals surface area contributed by atoms with Crippen LogP contribution in [0.1, 0.15) is 43.2 Å². The molecule has 2 aromatic rings. The molecule has 23 heavy (non-hydrogen) atoms. The van der Waals surface area contributed by atoms with E-state index in [-0.39, 0.29) is 5.91 Å². The van der Waals surface area contributed by atoms with Gasteiger partial charge in [0, 0.05) is 18.3 Å². The largest absolute Gasteiger partial charge is 0.345 e. The monoisotopic (exact) mass is 314 g/mol. The van der Waals surface area contributed by atoms with Crippen molar-refractivity contribution in [3.05, 3.63) is 47.8 Å². The second-order valence-electron chi connectivity index (χ2n) is 6.73. The number of nitrogens with two attached hydrogens (primary N) is 1. The molecule has 0 aliphatic rings. The summed E-state index contributed by atoms with van der Waals surface area (Å²) in [6.07, 6.45) is 2.60. The van der Waals surface area contributed by atoms with Crippen molar-refractivity contribution >= 4 is 5.91 Å². The average Bonchev–Trinajstić information content (AvgIpc) is 2.89. The quantitative estimate of drug-likeness (QED) is 0.861. The van der Waals surface area contributed by atoms with Gasteiger partial charge in [-0.15, -0.1) is 0 Å². The summed E-state index contributed by atoms with van der Waals surface area (Å²) in [5.74, 6) is 0.329. The van der Waals surface area contributed by atoms with Gasteiger partial charge < -0.3 is 11.1 Å². The molecule has 1 aromatic carbocycles. The molecule has 1 amide bonds. The van der Waals surface area contributed by atoms with Crippen LogP contribution in [-0.4, -0.2) is 27.8 Å². The number of rotatable bonds is 6. The fraction of sp³-hybridized carbons (Fsp3) is 0.444. The molecule has 0 fully saturated rings. The van der Waals surface area contributed by atoms with E-state index in [0.717, 1.165) is 12.1 Å². The summed E-state index contributed by atoms with van der Waals surface area (Å²) in [5.41, 5.74) is 7.68. The summed E-state index contributed by atoms with van der Waals surface area (Å²) < 4.78 is 1.73. The van der Waals surface area contributed by atoms with Gasteiger partial charge in [0.25, 0.3) is 5.91 Å². The van der Waals surface area contributed by atoms with Crippen molar-refractivity contribution in [2.24, 2.45) is 11.7 Å². The Kier molecular flexibility index (Phi) is 5.21. The van der Waals surface area contributed by atoms with Gasteiger partial charge in [0.2, 0.25) is 0 Å². The number of aryl methyl sites for hydroxylation is 1. The van der Waals surface area contributed by atoms with Crippen molar-refractivity contribution in [2.75, 3.05) is 6.54 Å². The van der Waals surface area contributed by atoms with E-state index in [1.54, 1.807) is 10.9 Å². The first-order chi connectivity index (χ1) is 10.8. The second-order valence-corrected chi connectivity index (χ2v) is 6.73. The van der Waals surface area contributed by atoms with E-state index in [1.165, 1.54) is 0 Å². The number of benzene rings is 1. The highest BCUT2D eigenvalue weighted by molar-refractivity contribution is 5.95. The van der Waals surface area contributed by atoms with E-state index in [4.69, 9.17) is 5.73 Å². The van der Waals surface area contributed by atoms with Crippen LogP contribution >= 0.6 is 0 Å². The van der Waals surface area contributed by atoms with E-state index in [9.17, 15) is 4.79 Å². The van der Waals surface area contributed by atoms with E-state index in [1.807, 2.05) is 44.2 Å². The Bertz CT molecular complexity index is 663. The molecule has 2 rings (SSSR count). The van der Waals surface area contributed by atoms with Crippen LogP contribution in [-0.2, 0) is 0 Å². The first-order valence-corrected chi connectivity index (χ1v) is 7.99. The Morgan fingerprint density at radius 3 is 2.57 bits per heavy atom. The van der Waals surface area contributed by atoms with E-state index in [2.05, 4.69) is 24.3 Å². The van der Waals surface area contributed by atoms with Gasteiger partial charge in [0.15, 0.2) is 0 Å². The number of hydrogen-bond acceptors (Lipinski definition) is 3. The van der Waals surface area contributed by atoms with Gasteiger partial charge in [-0.05, 0) is 38.3 Å². The Labute approximate surface area is 137 Å². The molecule has 1 heterocycles. The molecule has 0 saturated carbocycles. The van der Waals surface area contributed by atoms with E-state index < -0.39 is 5.54 Å². The van der Waals surface area contributed by atoms with Gasteiger partial charge in [0.1, 0.15) is 0 Å². The molecule has 3 N–H and O–H groups in total. The predicted molar refractivity (Wildman–Crippen MR) is 92.7 cm³/mol. The van der Waals surface area contributed by atoms with Gasteiger partial charge in [-0.3, -0.25) is 4.79 Å². The third-order valence-corrected chi connectivity index (χ3v) is 3.89. The lowest BCUT2D eigenvalue weighted by molar-refractivity contribution is 0.0897. The Morgan fingerprint density at radius 2 is 2.00 bits per heavy atom. The van der Waals surface area contributed by atoms with Crippen LogP contribution in [0.4, 0.5) is 0 Å². The van der Waals surface area contributed by atoms with Gasteiger partial charge in [-0.1, -0.05) is 32.0 Å². The lowest BCUT2D eigenvalue weighted by Crippen LogP contribution is -2.52. The first-order valence-electron chi connectivity index (χ1n) is 7.99. The number of amides is 1. The number of nitrogens with one attached hydrogen (secondary N) is 1. The third kappa shape index (κ3) is 4.20. The second kappa shape index (κ2) is 6.96. The minimum atomic E-state index is -0.410. The van der Waals surface area contributed by atoms with Crippen LogP contribution < -0.4 is 11.1 Å². The fourth-order valence-corrected chi connectivity index (χ4v) is 2.82. The Hall–Kier alpha value is -2.14. The number of nitrogens with zero attached hydrogens (tertiary/aromatic N) is 2. The van der Waals surface area contributed by atoms with Crippen molar-refractivity contribution in [1.29, 1.82) is 0 Å². The number of carbonyl (C=O) groups is 1. The maximum atomic E-state index is 12.6. The summed E-state index contributed by atoms with van der Waals surface area (Å²) in [6, 6.07) is 9.75. The van der Waals surface area contributed by atoms with Crippen LogP contribution in [0.25, 0.3) is 5.69 Å². The van der Waals surface area contributed by atoms with Crippen LogP contribution in [0.3, 0.4) is 0 Å². The lowest BCUT2D eigenvalue weighted by atomic mass is 9.90. The smallest absolute Gasteiger partial charge is 0.255 e. The van der Waals surface area contributed by atoms with Crippen molar-refractivity contribution in [3.63, 3.8) is 0 Å². The van der Waals surface area contributed by atoms with Crippen LogP contribution in [0, 0.1) is 12.8 Å². The number of para-hydroxylation sites is 1. The molecule has 0 spiro atoms. The molecule has 5 nitrogen and oxygen atoms in total.